The summed E-state index contributed by atoms with van der Waals surface area (Å²) >= 11 is 0. The summed E-state index contributed by atoms with van der Waals surface area (Å²) in [7, 11) is 0. The van der Waals surface area contributed by atoms with E-state index >= 15 is 0 Å². The third-order valence-corrected chi connectivity index (χ3v) is 4.22. The molecule has 0 aromatic carbocycles. The minimum atomic E-state index is 0.220. The van der Waals surface area contributed by atoms with Crippen molar-refractivity contribution in [3.63, 3.8) is 0 Å². The molecule has 0 aliphatic heterocycles. The molecule has 2 aromatic heterocycles. The summed E-state index contributed by atoms with van der Waals surface area (Å²) in [6.07, 6.45) is 6.82. The van der Waals surface area contributed by atoms with E-state index in [2.05, 4.69) is 16.0 Å². The average molecular weight is 239 g/mol. The molecule has 0 radical (unpaired) electrons. The number of nitrogens with zero attached hydrogens (tertiary/aromatic N) is 3. The summed E-state index contributed by atoms with van der Waals surface area (Å²) in [5, 5.41) is 0. The highest BCUT2D eigenvalue weighted by molar-refractivity contribution is 5.83. The zero-order chi connectivity index (χ0) is 12.1. The molecule has 1 saturated carbocycles. The van der Waals surface area contributed by atoms with Gasteiger partial charge in [0.25, 0.3) is 0 Å². The number of Topliss-reactive ketones (excluding diaryl/α,β-unsaturated/α-hetero) is 1. The maximum atomic E-state index is 11.8. The van der Waals surface area contributed by atoms with Crippen LogP contribution >= 0.6 is 0 Å². The summed E-state index contributed by atoms with van der Waals surface area (Å²) in [6.45, 7) is 0. The van der Waals surface area contributed by atoms with Crippen LogP contribution < -0.4 is 0 Å². The minimum Gasteiger partial charge on any atom is -0.299 e. The molecule has 4 rings (SSSR count). The lowest BCUT2D eigenvalue weighted by molar-refractivity contribution is -0.125. The topological polar surface area (TPSA) is 55.7 Å². The maximum Gasteiger partial charge on any atom is 0.136 e. The lowest BCUT2D eigenvalue weighted by atomic mass is 9.70. The molecule has 0 N–H and O–H groups in total. The molecule has 2 heterocycles. The van der Waals surface area contributed by atoms with Crippen molar-refractivity contribution in [3.05, 3.63) is 29.8 Å². The lowest BCUT2D eigenvalue weighted by Crippen LogP contribution is -2.31. The van der Waals surface area contributed by atoms with Crippen LogP contribution in [0.1, 0.15) is 36.4 Å². The van der Waals surface area contributed by atoms with Gasteiger partial charge in [0.1, 0.15) is 17.6 Å². The van der Waals surface area contributed by atoms with Crippen molar-refractivity contribution in [2.75, 3.05) is 0 Å². The molecule has 4 nitrogen and oxygen atoms in total. The van der Waals surface area contributed by atoms with E-state index in [0.717, 1.165) is 36.7 Å². The Bertz CT molecular complexity index is 653. The SMILES string of the molecule is O=C1CC[C@H]2C[C@@H]1Cc1cc3ncncc3nc12. The van der Waals surface area contributed by atoms with Crippen molar-refractivity contribution in [2.24, 2.45) is 5.92 Å². The minimum absolute atomic E-state index is 0.220. The molecule has 0 unspecified atom stereocenters. The summed E-state index contributed by atoms with van der Waals surface area (Å²) in [6, 6.07) is 2.09. The highest BCUT2D eigenvalue weighted by Gasteiger charge is 2.36. The third kappa shape index (κ3) is 1.38. The van der Waals surface area contributed by atoms with E-state index in [4.69, 9.17) is 4.98 Å². The van der Waals surface area contributed by atoms with Crippen LogP contribution in [-0.4, -0.2) is 20.7 Å². The first-order chi connectivity index (χ1) is 8.81. The fourth-order valence-corrected chi connectivity index (χ4v) is 3.31. The van der Waals surface area contributed by atoms with Crippen LogP contribution in [0.25, 0.3) is 11.0 Å². The fourth-order valence-electron chi connectivity index (χ4n) is 3.31. The maximum absolute atomic E-state index is 11.8. The molecule has 2 aliphatic rings. The highest BCUT2D eigenvalue weighted by Crippen LogP contribution is 2.42. The summed E-state index contributed by atoms with van der Waals surface area (Å²) in [4.78, 5) is 24.8. The van der Waals surface area contributed by atoms with Crippen LogP contribution in [0.4, 0.5) is 0 Å². The number of carbonyl (C=O) groups excluding carboxylic acids is 1. The highest BCUT2D eigenvalue weighted by atomic mass is 16.1. The van der Waals surface area contributed by atoms with Gasteiger partial charge in [-0.05, 0) is 30.9 Å². The number of pyridine rings is 1. The van der Waals surface area contributed by atoms with Gasteiger partial charge in [-0.1, -0.05) is 0 Å². The van der Waals surface area contributed by atoms with Crippen LogP contribution in [0.3, 0.4) is 0 Å². The van der Waals surface area contributed by atoms with Gasteiger partial charge in [0, 0.05) is 24.0 Å². The number of aromatic nitrogens is 3. The predicted octanol–water partition coefficient (Wildman–Crippen LogP) is 2.03. The zero-order valence-corrected chi connectivity index (χ0v) is 9.97. The monoisotopic (exact) mass is 239 g/mol. The summed E-state index contributed by atoms with van der Waals surface area (Å²) < 4.78 is 0. The number of rotatable bonds is 0. The van der Waals surface area contributed by atoms with Gasteiger partial charge >= 0.3 is 0 Å². The van der Waals surface area contributed by atoms with Crippen molar-refractivity contribution < 1.29 is 4.79 Å². The van der Waals surface area contributed by atoms with E-state index in [1.807, 2.05) is 0 Å². The second-order valence-corrected chi connectivity index (χ2v) is 5.30. The Kier molecular flexibility index (Phi) is 2.01. The zero-order valence-electron chi connectivity index (χ0n) is 9.97. The lowest BCUT2D eigenvalue weighted by Gasteiger charge is -2.34. The first kappa shape index (κ1) is 10.1. The van der Waals surface area contributed by atoms with Crippen LogP contribution in [0.5, 0.6) is 0 Å². The average Bonchev–Trinajstić information content (AvgIpc) is 2.41. The quantitative estimate of drug-likeness (QED) is 0.706. The molecule has 0 saturated heterocycles. The number of hydrogen-bond acceptors (Lipinski definition) is 4. The van der Waals surface area contributed by atoms with Crippen molar-refractivity contribution in [2.45, 2.75) is 31.6 Å². The Hall–Kier alpha value is -1.84. The van der Waals surface area contributed by atoms with E-state index in [0.29, 0.717) is 11.7 Å². The van der Waals surface area contributed by atoms with Crippen LogP contribution in [-0.2, 0) is 11.2 Å². The van der Waals surface area contributed by atoms with Gasteiger partial charge in [-0.2, -0.15) is 0 Å². The first-order valence-electron chi connectivity index (χ1n) is 6.43. The van der Waals surface area contributed by atoms with E-state index in [1.165, 1.54) is 11.3 Å². The molecule has 18 heavy (non-hydrogen) atoms. The molecule has 2 aliphatic carbocycles. The number of ketones is 1. The normalized spacial score (nSPS) is 26.1. The standard InChI is InChI=1S/C14H13N3O/c18-13-2-1-8-3-9(13)4-10-5-11-12(17-14(8)10)6-15-7-16-11/h5-9H,1-4H2/t8-,9+/m0/s1. The van der Waals surface area contributed by atoms with Crippen molar-refractivity contribution in [1.29, 1.82) is 0 Å². The second-order valence-electron chi connectivity index (χ2n) is 5.30. The van der Waals surface area contributed by atoms with Crippen LogP contribution in [0.2, 0.25) is 0 Å². The molecular weight excluding hydrogens is 226 g/mol. The van der Waals surface area contributed by atoms with Crippen molar-refractivity contribution in [1.82, 2.24) is 15.0 Å². The van der Waals surface area contributed by atoms with Gasteiger partial charge in [0.05, 0.1) is 11.7 Å². The molecule has 2 atom stereocenters. The fraction of sp³-hybridized carbons (Fsp3) is 0.429. The van der Waals surface area contributed by atoms with Gasteiger partial charge in [0.2, 0.25) is 0 Å². The molecule has 0 amide bonds. The molecule has 90 valence electrons. The largest absolute Gasteiger partial charge is 0.299 e. The van der Waals surface area contributed by atoms with Crippen molar-refractivity contribution >= 4 is 16.8 Å². The van der Waals surface area contributed by atoms with Gasteiger partial charge in [-0.25, -0.2) is 15.0 Å². The molecule has 4 heteroatoms. The summed E-state index contributed by atoms with van der Waals surface area (Å²) in [5.74, 6) is 1.11. The van der Waals surface area contributed by atoms with Crippen LogP contribution in [0.15, 0.2) is 18.6 Å². The van der Waals surface area contributed by atoms with Gasteiger partial charge < -0.3 is 0 Å². The Balaban J connectivity index is 1.91. The molecule has 1 fully saturated rings. The number of carbonyl (C=O) groups is 1. The van der Waals surface area contributed by atoms with E-state index in [9.17, 15) is 4.79 Å². The smallest absolute Gasteiger partial charge is 0.136 e. The van der Waals surface area contributed by atoms with Gasteiger partial charge in [-0.3, -0.25) is 4.79 Å². The first-order valence-corrected chi connectivity index (χ1v) is 6.43. The second kappa shape index (κ2) is 3.57. The Morgan fingerprint density at radius 3 is 3.11 bits per heavy atom. The number of fused-ring (bicyclic) bond motifs is 5. The van der Waals surface area contributed by atoms with Gasteiger partial charge in [0.15, 0.2) is 0 Å². The Morgan fingerprint density at radius 1 is 1.22 bits per heavy atom. The Labute approximate surface area is 104 Å². The predicted molar refractivity (Wildman–Crippen MR) is 66.1 cm³/mol. The Morgan fingerprint density at radius 2 is 2.17 bits per heavy atom. The third-order valence-electron chi connectivity index (χ3n) is 4.22. The van der Waals surface area contributed by atoms with E-state index in [-0.39, 0.29) is 5.92 Å². The molecule has 2 bridgehead atoms. The van der Waals surface area contributed by atoms with Crippen LogP contribution in [0, 0.1) is 5.92 Å². The molecule has 2 aromatic rings. The van der Waals surface area contributed by atoms with Crippen molar-refractivity contribution in [3.8, 4) is 0 Å². The molecule has 0 spiro atoms. The van der Waals surface area contributed by atoms with Gasteiger partial charge in [-0.15, -0.1) is 0 Å². The summed E-state index contributed by atoms with van der Waals surface area (Å²) in [5.41, 5.74) is 4.15. The van der Waals surface area contributed by atoms with E-state index in [1.54, 1.807) is 12.5 Å². The van der Waals surface area contributed by atoms with E-state index < -0.39 is 0 Å². The number of hydrogen-bond donors (Lipinski definition) is 0. The molecular formula is C14H13N3O.